The summed E-state index contributed by atoms with van der Waals surface area (Å²) in [6.45, 7) is 0.873. The largest absolute Gasteiger partial charge is 0.335 e. The molecule has 0 N–H and O–H groups in total. The van der Waals surface area contributed by atoms with Crippen LogP contribution in [0.15, 0.2) is 42.5 Å². The molecule has 110 valence electrons. The highest BCUT2D eigenvalue weighted by Gasteiger charge is 2.26. The number of amides is 1. The van der Waals surface area contributed by atoms with Crippen LogP contribution in [0.4, 0.5) is 0 Å². The fourth-order valence-electron chi connectivity index (χ4n) is 3.17. The molecule has 1 aliphatic heterocycles. The zero-order valence-electron chi connectivity index (χ0n) is 12.1. The second kappa shape index (κ2) is 6.61. The smallest absolute Gasteiger partial charge is 0.254 e. The van der Waals surface area contributed by atoms with Gasteiger partial charge < -0.3 is 4.90 Å². The number of carbonyl (C=O) groups is 1. The van der Waals surface area contributed by atoms with Crippen LogP contribution in [0.25, 0.3) is 10.8 Å². The van der Waals surface area contributed by atoms with E-state index < -0.39 is 0 Å². The van der Waals surface area contributed by atoms with Gasteiger partial charge in [-0.15, -0.1) is 0 Å². The minimum absolute atomic E-state index is 0.179. The summed E-state index contributed by atoms with van der Waals surface area (Å²) in [5, 5.41) is 3.06. The third-order valence-electron chi connectivity index (χ3n) is 4.34. The first-order chi connectivity index (χ1) is 10.3. The molecule has 3 rings (SSSR count). The van der Waals surface area contributed by atoms with Crippen molar-refractivity contribution in [1.29, 1.82) is 0 Å². The van der Waals surface area contributed by atoms with E-state index >= 15 is 0 Å². The van der Waals surface area contributed by atoms with Gasteiger partial charge in [-0.3, -0.25) is 4.79 Å². The van der Waals surface area contributed by atoms with Gasteiger partial charge in [0.2, 0.25) is 0 Å². The van der Waals surface area contributed by atoms with Crippen LogP contribution in [-0.2, 0) is 0 Å². The lowest BCUT2D eigenvalue weighted by atomic mass is 10.0. The molecule has 0 bridgehead atoms. The van der Waals surface area contributed by atoms with Crippen molar-refractivity contribution in [2.45, 2.75) is 31.7 Å². The van der Waals surface area contributed by atoms with Crippen LogP contribution >= 0.6 is 15.9 Å². The Morgan fingerprint density at radius 1 is 1.10 bits per heavy atom. The molecule has 2 nitrogen and oxygen atoms in total. The average Bonchev–Trinajstić information content (AvgIpc) is 2.79. The van der Waals surface area contributed by atoms with Gasteiger partial charge in [-0.25, -0.2) is 0 Å². The van der Waals surface area contributed by atoms with Crippen LogP contribution in [0.5, 0.6) is 0 Å². The quantitative estimate of drug-likeness (QED) is 0.727. The molecule has 21 heavy (non-hydrogen) atoms. The molecule has 0 aromatic heterocycles. The van der Waals surface area contributed by atoms with E-state index in [1.54, 1.807) is 0 Å². The van der Waals surface area contributed by atoms with Crippen molar-refractivity contribution < 1.29 is 4.79 Å². The lowest BCUT2D eigenvalue weighted by Gasteiger charge is -2.29. The molecule has 0 spiro atoms. The van der Waals surface area contributed by atoms with Crippen molar-refractivity contribution in [2.75, 3.05) is 11.9 Å². The van der Waals surface area contributed by atoms with Crippen LogP contribution < -0.4 is 0 Å². The first-order valence-electron chi connectivity index (χ1n) is 7.66. The molecular weight excluding hydrogens is 326 g/mol. The molecule has 1 saturated heterocycles. The lowest BCUT2D eigenvalue weighted by Crippen LogP contribution is -2.41. The van der Waals surface area contributed by atoms with E-state index in [1.165, 1.54) is 12.8 Å². The number of hydrogen-bond acceptors (Lipinski definition) is 1. The van der Waals surface area contributed by atoms with Crippen molar-refractivity contribution in [3.8, 4) is 0 Å². The Morgan fingerprint density at radius 3 is 2.76 bits per heavy atom. The number of nitrogens with zero attached hydrogens (tertiary/aromatic N) is 1. The van der Waals surface area contributed by atoms with E-state index in [0.29, 0.717) is 6.04 Å². The first-order valence-corrected chi connectivity index (χ1v) is 8.78. The van der Waals surface area contributed by atoms with Crippen LogP contribution in [-0.4, -0.2) is 28.7 Å². The summed E-state index contributed by atoms with van der Waals surface area (Å²) in [5.41, 5.74) is 0.834. The number of halogens is 1. The molecular formula is C18H20BrNO. The molecule has 2 aromatic carbocycles. The van der Waals surface area contributed by atoms with Crippen molar-refractivity contribution in [3.05, 3.63) is 48.0 Å². The summed E-state index contributed by atoms with van der Waals surface area (Å²) in [7, 11) is 0. The molecule has 1 atom stereocenters. The number of fused-ring (bicyclic) bond motifs is 1. The minimum atomic E-state index is 0.179. The monoisotopic (exact) mass is 345 g/mol. The minimum Gasteiger partial charge on any atom is -0.335 e. The van der Waals surface area contributed by atoms with E-state index in [9.17, 15) is 4.79 Å². The van der Waals surface area contributed by atoms with Crippen LogP contribution in [0.2, 0.25) is 0 Å². The number of alkyl halides is 1. The summed E-state index contributed by atoms with van der Waals surface area (Å²) in [6.07, 6.45) is 4.65. The Labute approximate surface area is 134 Å². The predicted molar refractivity (Wildman–Crippen MR) is 91.0 cm³/mol. The summed E-state index contributed by atoms with van der Waals surface area (Å²) in [5.74, 6) is 0.179. The molecule has 1 unspecified atom stereocenters. The predicted octanol–water partition coefficient (Wildman–Crippen LogP) is 4.62. The molecule has 1 amide bonds. The van der Waals surface area contributed by atoms with E-state index in [0.717, 1.165) is 41.1 Å². The summed E-state index contributed by atoms with van der Waals surface area (Å²) in [4.78, 5) is 15.1. The lowest BCUT2D eigenvalue weighted by molar-refractivity contribution is 0.0704. The maximum Gasteiger partial charge on any atom is 0.254 e. The Kier molecular flexibility index (Phi) is 4.59. The fourth-order valence-corrected chi connectivity index (χ4v) is 3.85. The van der Waals surface area contributed by atoms with Crippen molar-refractivity contribution in [2.24, 2.45) is 0 Å². The zero-order chi connectivity index (χ0) is 14.7. The van der Waals surface area contributed by atoms with Crippen molar-refractivity contribution >= 4 is 32.6 Å². The third kappa shape index (κ3) is 2.98. The topological polar surface area (TPSA) is 20.3 Å². The fraction of sp³-hybridized carbons (Fsp3) is 0.389. The second-order valence-corrected chi connectivity index (χ2v) is 6.33. The molecule has 0 aliphatic carbocycles. The normalized spacial score (nSPS) is 19.5. The van der Waals surface area contributed by atoms with Gasteiger partial charge >= 0.3 is 0 Å². The van der Waals surface area contributed by atoms with Crippen molar-refractivity contribution in [1.82, 2.24) is 4.90 Å². The Balaban J connectivity index is 1.99. The SMILES string of the molecule is O=C(c1cccc2ccccc12)N1CCCCCC1CBr. The highest BCUT2D eigenvalue weighted by molar-refractivity contribution is 9.09. The number of likely N-dealkylation sites (tertiary alicyclic amines) is 1. The second-order valence-electron chi connectivity index (χ2n) is 5.68. The van der Waals surface area contributed by atoms with E-state index in [2.05, 4.69) is 33.0 Å². The molecule has 1 fully saturated rings. The molecule has 0 saturated carbocycles. The molecule has 0 radical (unpaired) electrons. The summed E-state index contributed by atoms with van der Waals surface area (Å²) >= 11 is 3.58. The van der Waals surface area contributed by atoms with Crippen LogP contribution in [0.3, 0.4) is 0 Å². The number of benzene rings is 2. The molecule has 3 heteroatoms. The Hall–Kier alpha value is -1.35. The highest BCUT2D eigenvalue weighted by atomic mass is 79.9. The maximum absolute atomic E-state index is 13.0. The number of rotatable bonds is 2. The van der Waals surface area contributed by atoms with Gasteiger partial charge in [0.1, 0.15) is 0 Å². The van der Waals surface area contributed by atoms with Gasteiger partial charge in [0.25, 0.3) is 5.91 Å². The average molecular weight is 346 g/mol. The van der Waals surface area contributed by atoms with E-state index in [-0.39, 0.29) is 5.91 Å². The Bertz CT molecular complexity index is 635. The standard InChI is InChI=1S/C18H20BrNO/c19-13-15-9-2-1-5-12-20(15)18(21)17-11-6-8-14-7-3-4-10-16(14)17/h3-4,6-8,10-11,15H,1-2,5,9,12-13H2. The van der Waals surface area contributed by atoms with Gasteiger partial charge in [-0.05, 0) is 29.7 Å². The van der Waals surface area contributed by atoms with E-state index in [1.807, 2.05) is 30.3 Å². The summed E-state index contributed by atoms with van der Waals surface area (Å²) in [6, 6.07) is 14.5. The maximum atomic E-state index is 13.0. The van der Waals surface area contributed by atoms with Crippen LogP contribution in [0, 0.1) is 0 Å². The highest BCUT2D eigenvalue weighted by Crippen LogP contribution is 2.24. The molecule has 1 aliphatic rings. The molecule has 1 heterocycles. The summed E-state index contributed by atoms with van der Waals surface area (Å²) < 4.78 is 0. The van der Waals surface area contributed by atoms with E-state index in [4.69, 9.17) is 0 Å². The Morgan fingerprint density at radius 2 is 1.90 bits per heavy atom. The number of carbonyl (C=O) groups excluding carboxylic acids is 1. The molecule has 2 aromatic rings. The first kappa shape index (κ1) is 14.6. The van der Waals surface area contributed by atoms with Gasteiger partial charge in [-0.2, -0.15) is 0 Å². The third-order valence-corrected chi connectivity index (χ3v) is 5.08. The van der Waals surface area contributed by atoms with Gasteiger partial charge in [0.15, 0.2) is 0 Å². The number of hydrogen-bond donors (Lipinski definition) is 0. The van der Waals surface area contributed by atoms with Gasteiger partial charge in [0.05, 0.1) is 0 Å². The van der Waals surface area contributed by atoms with Crippen LogP contribution in [0.1, 0.15) is 36.0 Å². The van der Waals surface area contributed by atoms with Gasteiger partial charge in [-0.1, -0.05) is 65.2 Å². The zero-order valence-corrected chi connectivity index (χ0v) is 13.7. The van der Waals surface area contributed by atoms with Crippen molar-refractivity contribution in [3.63, 3.8) is 0 Å². The van der Waals surface area contributed by atoms with Gasteiger partial charge in [0, 0.05) is 23.5 Å².